The van der Waals surface area contributed by atoms with Crippen molar-refractivity contribution in [1.29, 1.82) is 0 Å². The Kier molecular flexibility index (Phi) is 3.91. The van der Waals surface area contributed by atoms with E-state index in [1.54, 1.807) is 0 Å². The molecule has 1 aliphatic carbocycles. The van der Waals surface area contributed by atoms with Crippen molar-refractivity contribution in [3.63, 3.8) is 0 Å². The zero-order valence-corrected chi connectivity index (χ0v) is 12.2. The number of rotatable bonds is 3. The fourth-order valence-corrected chi connectivity index (χ4v) is 2.93. The zero-order chi connectivity index (χ0) is 14.7. The number of carbonyl (C=O) groups is 1. The van der Waals surface area contributed by atoms with Crippen molar-refractivity contribution in [1.82, 2.24) is 5.32 Å². The molecule has 1 atom stereocenters. The maximum absolute atomic E-state index is 12.4. The molecule has 0 saturated heterocycles. The van der Waals surface area contributed by atoms with Gasteiger partial charge in [0, 0.05) is 18.3 Å². The lowest BCUT2D eigenvalue weighted by atomic mass is 9.87. The van der Waals surface area contributed by atoms with Crippen molar-refractivity contribution in [2.24, 2.45) is 0 Å². The van der Waals surface area contributed by atoms with Gasteiger partial charge in [0.25, 0.3) is 5.91 Å². The molecule has 0 aliphatic heterocycles. The van der Waals surface area contributed by atoms with E-state index < -0.39 is 0 Å². The van der Waals surface area contributed by atoms with Crippen LogP contribution in [0.3, 0.4) is 0 Å². The van der Waals surface area contributed by atoms with Crippen LogP contribution >= 0.6 is 0 Å². The minimum absolute atomic E-state index is 0.000596. The first-order valence-electron chi connectivity index (χ1n) is 7.44. The average Bonchev–Trinajstić information content (AvgIpc) is 2.55. The molecular weight excluding hydrogens is 260 g/mol. The molecule has 2 N–H and O–H groups in total. The van der Waals surface area contributed by atoms with Crippen molar-refractivity contribution in [3.8, 4) is 0 Å². The number of carbonyl (C=O) groups excluding carboxylic acids is 1. The van der Waals surface area contributed by atoms with Gasteiger partial charge in [0.1, 0.15) is 0 Å². The van der Waals surface area contributed by atoms with Crippen LogP contribution < -0.4 is 10.6 Å². The summed E-state index contributed by atoms with van der Waals surface area (Å²) < 4.78 is 0. The summed E-state index contributed by atoms with van der Waals surface area (Å²) in [6.07, 6.45) is 3.25. The highest BCUT2D eigenvalue weighted by atomic mass is 16.1. The molecule has 108 valence electrons. The molecule has 0 bridgehead atoms. The number of hydrogen-bond acceptors (Lipinski definition) is 2. The SMILES string of the molecule is CNc1ccc(C(=O)NC2CCCc3ccccc32)cc1. The van der Waals surface area contributed by atoms with E-state index >= 15 is 0 Å². The Morgan fingerprint density at radius 1 is 1.10 bits per heavy atom. The van der Waals surface area contributed by atoms with Crippen LogP contribution in [0.5, 0.6) is 0 Å². The van der Waals surface area contributed by atoms with Crippen LogP contribution in [0.1, 0.15) is 40.4 Å². The molecule has 3 nitrogen and oxygen atoms in total. The lowest BCUT2D eigenvalue weighted by Gasteiger charge is -2.26. The second-order valence-corrected chi connectivity index (χ2v) is 5.44. The van der Waals surface area contributed by atoms with E-state index in [0.717, 1.165) is 24.9 Å². The van der Waals surface area contributed by atoms with Gasteiger partial charge in [-0.2, -0.15) is 0 Å². The van der Waals surface area contributed by atoms with E-state index in [0.29, 0.717) is 5.56 Å². The smallest absolute Gasteiger partial charge is 0.251 e. The average molecular weight is 280 g/mol. The second-order valence-electron chi connectivity index (χ2n) is 5.44. The molecule has 3 rings (SSSR count). The first-order valence-corrected chi connectivity index (χ1v) is 7.44. The van der Waals surface area contributed by atoms with Crippen LogP contribution in [0, 0.1) is 0 Å². The van der Waals surface area contributed by atoms with Crippen molar-refractivity contribution in [3.05, 3.63) is 65.2 Å². The number of benzene rings is 2. The van der Waals surface area contributed by atoms with Crippen molar-refractivity contribution in [2.75, 3.05) is 12.4 Å². The number of fused-ring (bicyclic) bond motifs is 1. The summed E-state index contributed by atoms with van der Waals surface area (Å²) in [5.74, 6) is -0.000596. The zero-order valence-electron chi connectivity index (χ0n) is 12.2. The number of hydrogen-bond donors (Lipinski definition) is 2. The third-order valence-electron chi connectivity index (χ3n) is 4.11. The summed E-state index contributed by atoms with van der Waals surface area (Å²) in [5, 5.41) is 6.23. The van der Waals surface area contributed by atoms with Gasteiger partial charge in [-0.15, -0.1) is 0 Å². The summed E-state index contributed by atoms with van der Waals surface area (Å²) >= 11 is 0. The predicted octanol–water partition coefficient (Wildman–Crippen LogP) is 3.54. The van der Waals surface area contributed by atoms with Crippen molar-refractivity contribution < 1.29 is 4.79 Å². The highest BCUT2D eigenvalue weighted by Crippen LogP contribution is 2.29. The molecule has 2 aromatic rings. The highest BCUT2D eigenvalue weighted by Gasteiger charge is 2.21. The largest absolute Gasteiger partial charge is 0.388 e. The normalized spacial score (nSPS) is 16.9. The summed E-state index contributed by atoms with van der Waals surface area (Å²) in [5.41, 5.74) is 4.34. The predicted molar refractivity (Wildman–Crippen MR) is 85.6 cm³/mol. The molecule has 0 aromatic heterocycles. The number of aryl methyl sites for hydroxylation is 1. The first-order chi connectivity index (χ1) is 10.3. The van der Waals surface area contributed by atoms with E-state index in [9.17, 15) is 4.79 Å². The second kappa shape index (κ2) is 6.00. The van der Waals surface area contributed by atoms with Gasteiger partial charge in [-0.05, 0) is 54.7 Å². The molecule has 21 heavy (non-hydrogen) atoms. The number of amides is 1. The van der Waals surface area contributed by atoms with Gasteiger partial charge < -0.3 is 10.6 Å². The lowest BCUT2D eigenvalue weighted by Crippen LogP contribution is -2.30. The molecule has 1 aliphatic rings. The highest BCUT2D eigenvalue weighted by molar-refractivity contribution is 5.94. The van der Waals surface area contributed by atoms with Crippen LogP contribution in [-0.4, -0.2) is 13.0 Å². The number of nitrogens with one attached hydrogen (secondary N) is 2. The lowest BCUT2D eigenvalue weighted by molar-refractivity contribution is 0.0933. The maximum atomic E-state index is 12.4. The first kappa shape index (κ1) is 13.7. The van der Waals surface area contributed by atoms with Gasteiger partial charge >= 0.3 is 0 Å². The van der Waals surface area contributed by atoms with Gasteiger partial charge in [-0.3, -0.25) is 4.79 Å². The Balaban J connectivity index is 1.76. The summed E-state index contributed by atoms with van der Waals surface area (Å²) in [7, 11) is 1.87. The van der Waals surface area contributed by atoms with Crippen LogP contribution in [-0.2, 0) is 6.42 Å². The van der Waals surface area contributed by atoms with E-state index in [2.05, 4.69) is 28.8 Å². The minimum atomic E-state index is -0.000596. The van der Waals surface area contributed by atoms with Crippen LogP contribution in [0.25, 0.3) is 0 Å². The van der Waals surface area contributed by atoms with E-state index in [1.165, 1.54) is 11.1 Å². The quantitative estimate of drug-likeness (QED) is 0.903. The third-order valence-corrected chi connectivity index (χ3v) is 4.11. The molecular formula is C18H20N2O. The standard InChI is InChI=1S/C18H20N2O/c1-19-15-11-9-14(10-12-15)18(21)20-17-8-4-6-13-5-2-3-7-16(13)17/h2-3,5,7,9-12,17,19H,4,6,8H2,1H3,(H,20,21). The Bertz CT molecular complexity index is 634. The summed E-state index contributed by atoms with van der Waals surface area (Å²) in [6.45, 7) is 0. The third kappa shape index (κ3) is 2.92. The molecule has 1 amide bonds. The maximum Gasteiger partial charge on any atom is 0.251 e. The molecule has 0 fully saturated rings. The molecule has 0 saturated carbocycles. The van der Waals surface area contributed by atoms with E-state index in [4.69, 9.17) is 0 Å². The fourth-order valence-electron chi connectivity index (χ4n) is 2.93. The monoisotopic (exact) mass is 280 g/mol. The Morgan fingerprint density at radius 3 is 2.62 bits per heavy atom. The summed E-state index contributed by atoms with van der Waals surface area (Å²) in [6, 6.07) is 16.1. The summed E-state index contributed by atoms with van der Waals surface area (Å²) in [4.78, 5) is 12.4. The van der Waals surface area contributed by atoms with Gasteiger partial charge in [-0.25, -0.2) is 0 Å². The molecule has 2 aromatic carbocycles. The van der Waals surface area contributed by atoms with Crippen molar-refractivity contribution in [2.45, 2.75) is 25.3 Å². The van der Waals surface area contributed by atoms with Crippen LogP contribution in [0.15, 0.2) is 48.5 Å². The van der Waals surface area contributed by atoms with Crippen molar-refractivity contribution >= 4 is 11.6 Å². The van der Waals surface area contributed by atoms with Gasteiger partial charge in [0.05, 0.1) is 6.04 Å². The number of anilines is 1. The Morgan fingerprint density at radius 2 is 1.86 bits per heavy atom. The van der Waals surface area contributed by atoms with Crippen LogP contribution in [0.4, 0.5) is 5.69 Å². The molecule has 1 unspecified atom stereocenters. The molecule has 0 radical (unpaired) electrons. The Labute approximate surface area is 125 Å². The topological polar surface area (TPSA) is 41.1 Å². The van der Waals surface area contributed by atoms with Gasteiger partial charge in [0.2, 0.25) is 0 Å². The van der Waals surface area contributed by atoms with E-state index in [-0.39, 0.29) is 11.9 Å². The molecule has 0 spiro atoms. The molecule has 0 heterocycles. The minimum Gasteiger partial charge on any atom is -0.388 e. The van der Waals surface area contributed by atoms with Gasteiger partial charge in [0.15, 0.2) is 0 Å². The molecule has 3 heteroatoms. The van der Waals surface area contributed by atoms with E-state index in [1.807, 2.05) is 37.4 Å². The fraction of sp³-hybridized carbons (Fsp3) is 0.278. The van der Waals surface area contributed by atoms with Gasteiger partial charge in [-0.1, -0.05) is 24.3 Å². The Hall–Kier alpha value is -2.29. The van der Waals surface area contributed by atoms with Crippen LogP contribution in [0.2, 0.25) is 0 Å².